The number of nitrogens with one attached hydrogen (secondary N) is 2. The molecule has 3 aromatic rings. The van der Waals surface area contributed by atoms with Crippen molar-refractivity contribution in [3.63, 3.8) is 0 Å². The first kappa shape index (κ1) is 18.7. The van der Waals surface area contributed by atoms with Gasteiger partial charge in [0.1, 0.15) is 34.7 Å². The second-order valence-electron chi connectivity index (χ2n) is 7.88. The van der Waals surface area contributed by atoms with Crippen LogP contribution in [0.2, 0.25) is 0 Å². The van der Waals surface area contributed by atoms with Crippen LogP contribution in [-0.2, 0) is 5.66 Å². The number of carbonyl (C=O) groups excluding carboxylic acids is 1. The van der Waals surface area contributed by atoms with Crippen LogP contribution in [0.5, 0.6) is 0 Å². The fourth-order valence-corrected chi connectivity index (χ4v) is 4.63. The predicted molar refractivity (Wildman–Crippen MR) is 107 cm³/mol. The number of aromatic nitrogens is 3. The fourth-order valence-electron chi connectivity index (χ4n) is 4.63. The van der Waals surface area contributed by atoms with Crippen molar-refractivity contribution in [2.24, 2.45) is 0 Å². The summed E-state index contributed by atoms with van der Waals surface area (Å²) in [6.45, 7) is 1.77. The number of hydrogen-bond donors (Lipinski definition) is 2. The van der Waals surface area contributed by atoms with Gasteiger partial charge in [0.05, 0.1) is 0 Å². The lowest BCUT2D eigenvalue weighted by atomic mass is 9.89. The standard InChI is InChI=1S/C21H19F2N5O2/c1-11-9-14(26-18-12-5-6-13(22)15(23)16(12)24-10-25-18)20(30)28-17(11)19(29)27-21(28)7-3-2-4-8-21/h5-6,9-10H,2-4,7-8H2,1H3,(H,27,29)(H,24,25,26). The zero-order valence-corrected chi connectivity index (χ0v) is 16.3. The molecule has 0 saturated heterocycles. The number of benzene rings is 1. The van der Waals surface area contributed by atoms with Crippen LogP contribution >= 0.6 is 0 Å². The van der Waals surface area contributed by atoms with Crippen LogP contribution < -0.4 is 16.2 Å². The Labute approximate surface area is 170 Å². The molecule has 2 N–H and O–H groups in total. The van der Waals surface area contributed by atoms with Crippen molar-refractivity contribution in [3.8, 4) is 0 Å². The zero-order chi connectivity index (χ0) is 21.0. The molecule has 2 aliphatic rings. The topological polar surface area (TPSA) is 88.9 Å². The number of anilines is 2. The van der Waals surface area contributed by atoms with E-state index in [0.29, 0.717) is 24.1 Å². The highest BCUT2D eigenvalue weighted by Gasteiger charge is 2.45. The highest BCUT2D eigenvalue weighted by Crippen LogP contribution is 2.37. The van der Waals surface area contributed by atoms with E-state index in [1.165, 1.54) is 6.07 Å². The second-order valence-corrected chi connectivity index (χ2v) is 7.88. The summed E-state index contributed by atoms with van der Waals surface area (Å²) in [5, 5.41) is 6.24. The van der Waals surface area contributed by atoms with Gasteiger partial charge in [-0.15, -0.1) is 0 Å². The minimum Gasteiger partial charge on any atom is -0.335 e. The molecular formula is C21H19F2N5O2. The highest BCUT2D eigenvalue weighted by atomic mass is 19.2. The Balaban J connectivity index is 1.66. The van der Waals surface area contributed by atoms with E-state index in [0.717, 1.165) is 31.7 Å². The molecule has 1 aromatic carbocycles. The van der Waals surface area contributed by atoms with Gasteiger partial charge in [-0.1, -0.05) is 6.42 Å². The van der Waals surface area contributed by atoms with Crippen molar-refractivity contribution in [3.05, 3.63) is 57.8 Å². The Bertz CT molecular complexity index is 1260. The van der Waals surface area contributed by atoms with Gasteiger partial charge in [0.25, 0.3) is 11.5 Å². The Morgan fingerprint density at radius 1 is 1.13 bits per heavy atom. The van der Waals surface area contributed by atoms with Crippen LogP contribution in [0.1, 0.15) is 48.2 Å². The average molecular weight is 411 g/mol. The minimum atomic E-state index is -1.07. The van der Waals surface area contributed by atoms with E-state index in [1.807, 2.05) is 0 Å². The normalized spacial score (nSPS) is 17.2. The summed E-state index contributed by atoms with van der Waals surface area (Å²) < 4.78 is 29.2. The molecule has 9 heteroatoms. The molecule has 1 amide bonds. The third-order valence-electron chi connectivity index (χ3n) is 6.01. The number of rotatable bonds is 2. The molecule has 0 unspecified atom stereocenters. The van der Waals surface area contributed by atoms with E-state index in [2.05, 4.69) is 20.6 Å². The van der Waals surface area contributed by atoms with Gasteiger partial charge in [-0.05, 0) is 56.4 Å². The van der Waals surface area contributed by atoms with E-state index in [1.54, 1.807) is 17.6 Å². The summed E-state index contributed by atoms with van der Waals surface area (Å²) in [5.74, 6) is -2.14. The largest absolute Gasteiger partial charge is 0.335 e. The summed E-state index contributed by atoms with van der Waals surface area (Å²) >= 11 is 0. The Kier molecular flexibility index (Phi) is 4.09. The lowest BCUT2D eigenvalue weighted by molar-refractivity contribution is 0.0876. The van der Waals surface area contributed by atoms with Crippen LogP contribution in [0.4, 0.5) is 20.3 Å². The fraction of sp³-hybridized carbons (Fsp3) is 0.333. The number of halogens is 2. The summed E-state index contributed by atoms with van der Waals surface area (Å²) in [7, 11) is 0. The van der Waals surface area contributed by atoms with Crippen LogP contribution in [0.3, 0.4) is 0 Å². The van der Waals surface area contributed by atoms with E-state index in [-0.39, 0.29) is 33.9 Å². The van der Waals surface area contributed by atoms with Crippen LogP contribution in [0, 0.1) is 18.6 Å². The van der Waals surface area contributed by atoms with Crippen LogP contribution in [-0.4, -0.2) is 20.4 Å². The number of nitrogens with zero attached hydrogens (tertiary/aromatic N) is 3. The summed E-state index contributed by atoms with van der Waals surface area (Å²) in [6.07, 6.45) is 5.39. The molecule has 5 rings (SSSR count). The predicted octanol–water partition coefficient (Wildman–Crippen LogP) is 3.48. The molecule has 30 heavy (non-hydrogen) atoms. The van der Waals surface area contributed by atoms with E-state index < -0.39 is 17.3 Å². The molecule has 154 valence electrons. The SMILES string of the molecule is Cc1cc(Nc2ncnc3c(F)c(F)ccc23)c(=O)n2c1C(=O)NC21CCCCC1. The molecular weight excluding hydrogens is 392 g/mol. The van der Waals surface area contributed by atoms with Gasteiger partial charge >= 0.3 is 0 Å². The monoisotopic (exact) mass is 411 g/mol. The first-order valence-electron chi connectivity index (χ1n) is 9.87. The minimum absolute atomic E-state index is 0.175. The Hall–Kier alpha value is -3.36. The number of carbonyl (C=O) groups is 1. The number of aryl methyl sites for hydroxylation is 1. The van der Waals surface area contributed by atoms with E-state index in [4.69, 9.17) is 0 Å². The van der Waals surface area contributed by atoms with Gasteiger partial charge in [-0.25, -0.2) is 18.7 Å². The van der Waals surface area contributed by atoms with Gasteiger partial charge in [0, 0.05) is 5.39 Å². The molecule has 1 aliphatic heterocycles. The smallest absolute Gasteiger partial charge is 0.276 e. The first-order valence-corrected chi connectivity index (χ1v) is 9.87. The Morgan fingerprint density at radius 2 is 1.90 bits per heavy atom. The molecule has 0 bridgehead atoms. The van der Waals surface area contributed by atoms with Gasteiger partial charge in [-0.3, -0.25) is 14.2 Å². The third kappa shape index (κ3) is 2.61. The van der Waals surface area contributed by atoms with E-state index in [9.17, 15) is 18.4 Å². The molecule has 0 radical (unpaired) electrons. The molecule has 3 heterocycles. The average Bonchev–Trinajstić information content (AvgIpc) is 3.01. The maximum Gasteiger partial charge on any atom is 0.276 e. The third-order valence-corrected chi connectivity index (χ3v) is 6.01. The maximum atomic E-state index is 14.1. The van der Waals surface area contributed by atoms with Gasteiger partial charge in [-0.2, -0.15) is 0 Å². The molecule has 1 aliphatic carbocycles. The molecule has 1 fully saturated rings. The Morgan fingerprint density at radius 3 is 2.67 bits per heavy atom. The molecule has 2 aromatic heterocycles. The second kappa shape index (κ2) is 6.58. The summed E-state index contributed by atoms with van der Waals surface area (Å²) in [6, 6.07) is 3.94. The molecule has 7 nitrogen and oxygen atoms in total. The van der Waals surface area contributed by atoms with Crippen LogP contribution in [0.25, 0.3) is 10.9 Å². The highest BCUT2D eigenvalue weighted by molar-refractivity contribution is 5.97. The summed E-state index contributed by atoms with van der Waals surface area (Å²) in [5.41, 5.74) is -0.0212. The maximum absolute atomic E-state index is 14.1. The van der Waals surface area contributed by atoms with Gasteiger partial charge in [0.15, 0.2) is 11.6 Å². The van der Waals surface area contributed by atoms with Gasteiger partial charge < -0.3 is 10.6 Å². The van der Waals surface area contributed by atoms with Crippen LogP contribution in [0.15, 0.2) is 29.3 Å². The summed E-state index contributed by atoms with van der Waals surface area (Å²) in [4.78, 5) is 34.0. The van der Waals surface area contributed by atoms with Crippen molar-refractivity contribution >= 4 is 28.3 Å². The molecule has 1 saturated carbocycles. The quantitative estimate of drug-likeness (QED) is 0.674. The number of fused-ring (bicyclic) bond motifs is 3. The van der Waals surface area contributed by atoms with Gasteiger partial charge in [0.2, 0.25) is 0 Å². The van der Waals surface area contributed by atoms with Crippen molar-refractivity contribution < 1.29 is 13.6 Å². The van der Waals surface area contributed by atoms with Crippen molar-refractivity contribution in [2.75, 3.05) is 5.32 Å². The molecule has 0 atom stereocenters. The first-order chi connectivity index (χ1) is 14.4. The lowest BCUT2D eigenvalue weighted by Gasteiger charge is -2.35. The lowest BCUT2D eigenvalue weighted by Crippen LogP contribution is -2.48. The number of hydrogen-bond acceptors (Lipinski definition) is 5. The van der Waals surface area contributed by atoms with E-state index >= 15 is 0 Å². The number of pyridine rings is 1. The van der Waals surface area contributed by atoms with Crippen molar-refractivity contribution in [1.29, 1.82) is 0 Å². The molecule has 1 spiro atoms. The number of amides is 1. The van der Waals surface area contributed by atoms with Crippen molar-refractivity contribution in [1.82, 2.24) is 19.9 Å². The van der Waals surface area contributed by atoms with Crippen molar-refractivity contribution in [2.45, 2.75) is 44.7 Å². The zero-order valence-electron chi connectivity index (χ0n) is 16.3.